The number of carboxylic acids is 1. The topological polar surface area (TPSA) is 37.3 Å². The Morgan fingerprint density at radius 3 is 1.56 bits per heavy atom. The minimum Gasteiger partial charge on any atom is -0.481 e. The predicted molar refractivity (Wildman–Crippen MR) is 77.9 cm³/mol. The highest BCUT2D eigenvalue weighted by atomic mass is 16.4. The molecule has 0 amide bonds. The fraction of sp³-hybridized carbons (Fsp3) is 0.938. The first-order valence-corrected chi connectivity index (χ1v) is 7.99. The van der Waals surface area contributed by atoms with Crippen molar-refractivity contribution in [2.45, 2.75) is 96.8 Å². The first-order chi connectivity index (χ1) is 8.77. The van der Waals surface area contributed by atoms with Gasteiger partial charge in [0.2, 0.25) is 0 Å². The lowest BCUT2D eigenvalue weighted by Crippen LogP contribution is -1.93. The Balaban J connectivity index is 0.000000473. The van der Waals surface area contributed by atoms with Gasteiger partial charge in [-0.05, 0) is 6.42 Å². The molecule has 0 aromatic carbocycles. The lowest BCUT2D eigenvalue weighted by atomic mass is 10.1. The molecule has 1 saturated carbocycles. The van der Waals surface area contributed by atoms with E-state index in [1.165, 1.54) is 70.6 Å². The molecule has 0 aliphatic heterocycles. The zero-order valence-electron chi connectivity index (χ0n) is 12.3. The van der Waals surface area contributed by atoms with Crippen molar-refractivity contribution in [3.8, 4) is 0 Å². The molecule has 1 N–H and O–H groups in total. The average molecular weight is 256 g/mol. The molecule has 0 bridgehead atoms. The third kappa shape index (κ3) is 15.5. The van der Waals surface area contributed by atoms with Gasteiger partial charge >= 0.3 is 5.97 Å². The molecule has 1 aliphatic rings. The van der Waals surface area contributed by atoms with Gasteiger partial charge in [-0.1, -0.05) is 84.0 Å². The molecule has 18 heavy (non-hydrogen) atoms. The zero-order valence-corrected chi connectivity index (χ0v) is 12.3. The van der Waals surface area contributed by atoms with Crippen LogP contribution >= 0.6 is 0 Å². The highest BCUT2D eigenvalue weighted by Crippen LogP contribution is 2.15. The molecule has 108 valence electrons. The van der Waals surface area contributed by atoms with Gasteiger partial charge in [-0.3, -0.25) is 4.79 Å². The molecule has 1 aliphatic carbocycles. The van der Waals surface area contributed by atoms with E-state index >= 15 is 0 Å². The molecule has 0 spiro atoms. The molecule has 0 atom stereocenters. The van der Waals surface area contributed by atoms with E-state index < -0.39 is 5.97 Å². The Kier molecular flexibility index (Phi) is 14.1. The average Bonchev–Trinajstić information content (AvgIpc) is 2.91. The number of carbonyl (C=O) groups is 1. The van der Waals surface area contributed by atoms with E-state index in [-0.39, 0.29) is 0 Å². The van der Waals surface area contributed by atoms with Crippen LogP contribution in [-0.4, -0.2) is 11.1 Å². The van der Waals surface area contributed by atoms with Crippen LogP contribution in [0.2, 0.25) is 0 Å². The van der Waals surface area contributed by atoms with Crippen molar-refractivity contribution >= 4 is 5.97 Å². The third-order valence-corrected chi connectivity index (χ3v) is 3.49. The molecule has 0 saturated heterocycles. The van der Waals surface area contributed by atoms with E-state index in [4.69, 9.17) is 5.11 Å². The maximum atomic E-state index is 10.2. The molecule has 0 aromatic heterocycles. The number of hydrogen-bond acceptors (Lipinski definition) is 1. The standard InChI is InChI=1S/C11H22O2.C5H10/c1-2-3-4-5-6-7-8-9-10-11(12)13;1-2-4-5-3-1/h2-10H2,1H3,(H,12,13);1-5H2. The fourth-order valence-corrected chi connectivity index (χ4v) is 2.29. The Bertz CT molecular complexity index is 166. The second-order valence-corrected chi connectivity index (χ2v) is 5.39. The van der Waals surface area contributed by atoms with Gasteiger partial charge in [0.1, 0.15) is 0 Å². The van der Waals surface area contributed by atoms with Crippen LogP contribution in [0.25, 0.3) is 0 Å². The van der Waals surface area contributed by atoms with Gasteiger partial charge in [0, 0.05) is 6.42 Å². The third-order valence-electron chi connectivity index (χ3n) is 3.49. The summed E-state index contributed by atoms with van der Waals surface area (Å²) in [5.41, 5.74) is 0. The van der Waals surface area contributed by atoms with Crippen LogP contribution in [0, 0.1) is 0 Å². The number of hydrogen-bond donors (Lipinski definition) is 1. The van der Waals surface area contributed by atoms with Crippen LogP contribution in [0.4, 0.5) is 0 Å². The predicted octanol–water partition coefficient (Wildman–Crippen LogP) is 5.55. The summed E-state index contributed by atoms with van der Waals surface area (Å²) in [6.07, 6.45) is 17.6. The molecule has 2 heteroatoms. The van der Waals surface area contributed by atoms with Gasteiger partial charge in [0.05, 0.1) is 0 Å². The molecule has 0 aromatic rings. The molecule has 0 heterocycles. The maximum absolute atomic E-state index is 10.2. The van der Waals surface area contributed by atoms with Crippen molar-refractivity contribution in [2.75, 3.05) is 0 Å². The highest BCUT2D eigenvalue weighted by molar-refractivity contribution is 5.66. The van der Waals surface area contributed by atoms with Crippen molar-refractivity contribution in [2.24, 2.45) is 0 Å². The number of unbranched alkanes of at least 4 members (excludes halogenated alkanes) is 7. The van der Waals surface area contributed by atoms with Gasteiger partial charge < -0.3 is 5.11 Å². The second kappa shape index (κ2) is 14.5. The van der Waals surface area contributed by atoms with Crippen LogP contribution in [-0.2, 0) is 4.79 Å². The van der Waals surface area contributed by atoms with Crippen LogP contribution in [0.15, 0.2) is 0 Å². The second-order valence-electron chi connectivity index (χ2n) is 5.39. The van der Waals surface area contributed by atoms with Crippen molar-refractivity contribution in [3.05, 3.63) is 0 Å². The lowest BCUT2D eigenvalue weighted by molar-refractivity contribution is -0.137. The summed E-state index contributed by atoms with van der Waals surface area (Å²) in [4.78, 5) is 10.2. The molecular weight excluding hydrogens is 224 g/mol. The first-order valence-electron chi connectivity index (χ1n) is 7.99. The van der Waals surface area contributed by atoms with Gasteiger partial charge in [0.15, 0.2) is 0 Å². The van der Waals surface area contributed by atoms with Crippen LogP contribution < -0.4 is 0 Å². The van der Waals surface area contributed by atoms with Crippen LogP contribution in [0.1, 0.15) is 96.8 Å². The molecule has 2 nitrogen and oxygen atoms in total. The Morgan fingerprint density at radius 2 is 1.17 bits per heavy atom. The van der Waals surface area contributed by atoms with Crippen LogP contribution in [0.5, 0.6) is 0 Å². The summed E-state index contributed by atoms with van der Waals surface area (Å²) in [6, 6.07) is 0. The first kappa shape index (κ1) is 17.5. The summed E-state index contributed by atoms with van der Waals surface area (Å²) in [5.74, 6) is -0.661. The minimum atomic E-state index is -0.661. The normalized spacial score (nSPS) is 14.1. The van der Waals surface area contributed by atoms with Gasteiger partial charge in [0.25, 0.3) is 0 Å². The van der Waals surface area contributed by atoms with E-state index in [0.717, 1.165) is 12.8 Å². The Hall–Kier alpha value is -0.530. The quantitative estimate of drug-likeness (QED) is 0.549. The van der Waals surface area contributed by atoms with E-state index in [0.29, 0.717) is 6.42 Å². The molecule has 0 radical (unpaired) electrons. The molecule has 1 fully saturated rings. The maximum Gasteiger partial charge on any atom is 0.303 e. The summed E-state index contributed by atoms with van der Waals surface area (Å²) in [7, 11) is 0. The fourth-order valence-electron chi connectivity index (χ4n) is 2.29. The SMILES string of the molecule is C1CCCC1.CCCCCCCCCCC(=O)O. The van der Waals surface area contributed by atoms with Gasteiger partial charge in [-0.2, -0.15) is 0 Å². The summed E-state index contributed by atoms with van der Waals surface area (Å²) in [5, 5.41) is 8.39. The zero-order chi connectivity index (χ0) is 13.5. The van der Waals surface area contributed by atoms with E-state index in [1.54, 1.807) is 0 Å². The number of aliphatic carboxylic acids is 1. The molecular formula is C16H32O2. The largest absolute Gasteiger partial charge is 0.481 e. The van der Waals surface area contributed by atoms with Gasteiger partial charge in [-0.25, -0.2) is 0 Å². The summed E-state index contributed by atoms with van der Waals surface area (Å²) < 4.78 is 0. The smallest absolute Gasteiger partial charge is 0.303 e. The van der Waals surface area contributed by atoms with E-state index in [2.05, 4.69) is 6.92 Å². The highest BCUT2D eigenvalue weighted by Gasteiger charge is 1.96. The monoisotopic (exact) mass is 256 g/mol. The van der Waals surface area contributed by atoms with Gasteiger partial charge in [-0.15, -0.1) is 0 Å². The Morgan fingerprint density at radius 1 is 0.778 bits per heavy atom. The van der Waals surface area contributed by atoms with Crippen molar-refractivity contribution in [3.63, 3.8) is 0 Å². The van der Waals surface area contributed by atoms with Crippen LogP contribution in [0.3, 0.4) is 0 Å². The minimum absolute atomic E-state index is 0.342. The van der Waals surface area contributed by atoms with Crippen molar-refractivity contribution in [1.82, 2.24) is 0 Å². The lowest BCUT2D eigenvalue weighted by Gasteiger charge is -1.99. The summed E-state index contributed by atoms with van der Waals surface area (Å²) >= 11 is 0. The van der Waals surface area contributed by atoms with Crippen molar-refractivity contribution in [1.29, 1.82) is 0 Å². The Labute approximate surface area is 113 Å². The molecule has 0 unspecified atom stereocenters. The number of rotatable bonds is 9. The molecule has 1 rings (SSSR count). The van der Waals surface area contributed by atoms with Crippen molar-refractivity contribution < 1.29 is 9.90 Å². The summed E-state index contributed by atoms with van der Waals surface area (Å²) in [6.45, 7) is 2.22. The number of carboxylic acid groups (broad SMARTS) is 1. The van der Waals surface area contributed by atoms with E-state index in [9.17, 15) is 4.79 Å². The van der Waals surface area contributed by atoms with E-state index in [1.807, 2.05) is 0 Å².